The van der Waals surface area contributed by atoms with Gasteiger partial charge in [0, 0.05) is 31.3 Å². The van der Waals surface area contributed by atoms with Gasteiger partial charge < -0.3 is 14.6 Å². The van der Waals surface area contributed by atoms with Gasteiger partial charge in [-0.1, -0.05) is 6.92 Å². The Bertz CT molecular complexity index is 763. The van der Waals surface area contributed by atoms with E-state index in [1.54, 1.807) is 4.90 Å². The van der Waals surface area contributed by atoms with E-state index in [1.165, 1.54) is 25.7 Å². The van der Waals surface area contributed by atoms with Gasteiger partial charge >= 0.3 is 0 Å². The summed E-state index contributed by atoms with van der Waals surface area (Å²) in [4.78, 5) is 27.2. The maximum Gasteiger partial charge on any atom is 0.226 e. The lowest BCUT2D eigenvalue weighted by atomic mass is 9.49. The average molecular weight is 399 g/mol. The summed E-state index contributed by atoms with van der Waals surface area (Å²) in [5.74, 6) is 5.71. The zero-order valence-corrected chi connectivity index (χ0v) is 17.8. The van der Waals surface area contributed by atoms with Gasteiger partial charge in [-0.2, -0.15) is 0 Å². The Morgan fingerprint density at radius 1 is 1.10 bits per heavy atom. The largest absolute Gasteiger partial charge is 0.464 e. The van der Waals surface area contributed by atoms with Crippen LogP contribution in [0.3, 0.4) is 0 Å². The highest BCUT2D eigenvalue weighted by Crippen LogP contribution is 2.60. The van der Waals surface area contributed by atoms with E-state index < -0.39 is 0 Å². The zero-order chi connectivity index (χ0) is 20.2. The molecule has 0 spiro atoms. The van der Waals surface area contributed by atoms with Crippen LogP contribution in [-0.2, 0) is 16.1 Å². The normalized spacial score (nSPS) is 36.8. The lowest BCUT2D eigenvalue weighted by Gasteiger charge is -2.55. The summed E-state index contributed by atoms with van der Waals surface area (Å²) in [6, 6.07) is 4.03. The number of nitrogens with one attached hydrogen (secondary N) is 1. The average Bonchev–Trinajstić information content (AvgIpc) is 3.21. The van der Waals surface area contributed by atoms with E-state index in [9.17, 15) is 9.59 Å². The van der Waals surface area contributed by atoms with E-state index in [4.69, 9.17) is 4.42 Å². The minimum atomic E-state index is -0.131. The molecule has 0 unspecified atom stereocenters. The van der Waals surface area contributed by atoms with Crippen LogP contribution >= 0.6 is 0 Å². The summed E-state index contributed by atoms with van der Waals surface area (Å²) < 4.78 is 5.92. The Morgan fingerprint density at radius 3 is 2.31 bits per heavy atom. The molecule has 29 heavy (non-hydrogen) atoms. The highest BCUT2D eigenvalue weighted by Gasteiger charge is 2.54. The molecule has 0 aliphatic heterocycles. The molecular formula is C24H34N2O3. The van der Waals surface area contributed by atoms with Crippen molar-refractivity contribution >= 4 is 11.8 Å². The number of hydrogen-bond donors (Lipinski definition) is 1. The Labute approximate surface area is 173 Å². The summed E-state index contributed by atoms with van der Waals surface area (Å²) in [6.07, 6.45) is 8.77. The van der Waals surface area contributed by atoms with Gasteiger partial charge in [-0.05, 0) is 80.8 Å². The van der Waals surface area contributed by atoms with Gasteiger partial charge in [0.15, 0.2) is 0 Å². The first-order valence-corrected chi connectivity index (χ1v) is 11.5. The molecular weight excluding hydrogens is 364 g/mol. The van der Waals surface area contributed by atoms with Crippen LogP contribution in [-0.4, -0.2) is 30.3 Å². The van der Waals surface area contributed by atoms with E-state index >= 15 is 0 Å². The third-order valence-corrected chi connectivity index (χ3v) is 8.12. The number of amides is 2. The standard InChI is InChI=1S/C24H34N2O3/c1-15-7-20(15)21-4-3-19(29-21)14-26(2)22(27)5-6-25-23(28)24-11-16-8-17(12-24)10-18(9-16)13-24/h3-4,15-18,20H,5-14H2,1-2H3,(H,25,28)/t15-,16?,17?,18?,20+,24?/m1/s1. The van der Waals surface area contributed by atoms with Crippen LogP contribution in [0.15, 0.2) is 16.5 Å². The predicted octanol–water partition coefficient (Wildman–Crippen LogP) is 4.08. The van der Waals surface area contributed by atoms with E-state index in [-0.39, 0.29) is 17.2 Å². The third kappa shape index (κ3) is 3.73. The van der Waals surface area contributed by atoms with Gasteiger partial charge in [-0.15, -0.1) is 0 Å². The molecule has 6 rings (SSSR count). The molecule has 5 aliphatic carbocycles. The van der Waals surface area contributed by atoms with Gasteiger partial charge in [0.05, 0.1) is 6.54 Å². The van der Waals surface area contributed by atoms with Gasteiger partial charge in [-0.3, -0.25) is 9.59 Å². The Kier molecular flexibility index (Phi) is 4.75. The first kappa shape index (κ1) is 19.2. The Morgan fingerprint density at radius 2 is 1.72 bits per heavy atom. The Hall–Kier alpha value is -1.78. The van der Waals surface area contributed by atoms with Crippen molar-refractivity contribution in [3.8, 4) is 0 Å². The zero-order valence-electron chi connectivity index (χ0n) is 17.8. The molecule has 0 radical (unpaired) electrons. The monoisotopic (exact) mass is 398 g/mol. The fourth-order valence-corrected chi connectivity index (χ4v) is 6.77. The molecule has 1 heterocycles. The lowest BCUT2D eigenvalue weighted by Crippen LogP contribution is -2.53. The van der Waals surface area contributed by atoms with Crippen molar-refractivity contribution in [1.29, 1.82) is 0 Å². The molecule has 158 valence electrons. The maximum absolute atomic E-state index is 13.0. The van der Waals surface area contributed by atoms with Crippen LogP contribution in [0.5, 0.6) is 0 Å². The van der Waals surface area contributed by atoms with Crippen LogP contribution in [0, 0.1) is 29.1 Å². The highest BCUT2D eigenvalue weighted by atomic mass is 16.3. The minimum Gasteiger partial charge on any atom is -0.464 e. The molecule has 5 aliphatic rings. The number of carbonyl (C=O) groups is 2. The first-order valence-electron chi connectivity index (χ1n) is 11.5. The molecule has 2 atom stereocenters. The Balaban J connectivity index is 1.08. The van der Waals surface area contributed by atoms with Crippen LogP contribution in [0.2, 0.25) is 0 Å². The van der Waals surface area contributed by atoms with Gasteiger partial charge in [0.1, 0.15) is 11.5 Å². The van der Waals surface area contributed by atoms with Crippen LogP contribution < -0.4 is 5.32 Å². The molecule has 1 N–H and O–H groups in total. The quantitative estimate of drug-likeness (QED) is 0.753. The number of rotatable bonds is 7. The van der Waals surface area contributed by atoms with E-state index in [0.29, 0.717) is 31.3 Å². The molecule has 2 amide bonds. The van der Waals surface area contributed by atoms with Crippen molar-refractivity contribution in [3.05, 3.63) is 23.7 Å². The summed E-state index contributed by atoms with van der Waals surface area (Å²) in [5.41, 5.74) is -0.131. The van der Waals surface area contributed by atoms with E-state index in [1.807, 2.05) is 19.2 Å². The summed E-state index contributed by atoms with van der Waals surface area (Å²) in [5, 5.41) is 3.11. The van der Waals surface area contributed by atoms with Gasteiger partial charge in [0.25, 0.3) is 0 Å². The smallest absolute Gasteiger partial charge is 0.226 e. The highest BCUT2D eigenvalue weighted by molar-refractivity contribution is 5.84. The molecule has 4 bridgehead atoms. The van der Waals surface area contributed by atoms with Crippen molar-refractivity contribution < 1.29 is 14.0 Å². The molecule has 5 heteroatoms. The van der Waals surface area contributed by atoms with Crippen LogP contribution in [0.4, 0.5) is 0 Å². The van der Waals surface area contributed by atoms with Crippen molar-refractivity contribution in [2.24, 2.45) is 29.1 Å². The molecule has 1 aromatic heterocycles. The molecule has 1 aromatic rings. The lowest BCUT2D eigenvalue weighted by molar-refractivity contribution is -0.146. The van der Waals surface area contributed by atoms with Crippen LogP contribution in [0.1, 0.15) is 75.7 Å². The number of furan rings is 1. The fourth-order valence-electron chi connectivity index (χ4n) is 6.77. The topological polar surface area (TPSA) is 62.6 Å². The molecule has 5 nitrogen and oxygen atoms in total. The molecule has 5 saturated carbocycles. The van der Waals surface area contributed by atoms with E-state index in [0.717, 1.165) is 48.5 Å². The van der Waals surface area contributed by atoms with E-state index in [2.05, 4.69) is 12.2 Å². The second-order valence-electron chi connectivity index (χ2n) is 10.6. The molecule has 0 aromatic carbocycles. The predicted molar refractivity (Wildman–Crippen MR) is 110 cm³/mol. The summed E-state index contributed by atoms with van der Waals surface area (Å²) in [6.45, 7) is 3.16. The fraction of sp³-hybridized carbons (Fsp3) is 0.750. The second-order valence-corrected chi connectivity index (χ2v) is 10.6. The SMILES string of the molecule is C[C@@H]1C[C@@H]1c1ccc(CN(C)C(=O)CCNC(=O)C23CC4CC(CC(C4)C2)C3)o1. The number of hydrogen-bond acceptors (Lipinski definition) is 3. The minimum absolute atomic E-state index is 0.0496. The summed E-state index contributed by atoms with van der Waals surface area (Å²) in [7, 11) is 1.81. The van der Waals surface area contributed by atoms with Crippen molar-refractivity contribution in [3.63, 3.8) is 0 Å². The maximum atomic E-state index is 13.0. The van der Waals surface area contributed by atoms with Gasteiger partial charge in [0.2, 0.25) is 11.8 Å². The molecule has 0 saturated heterocycles. The number of nitrogens with zero attached hydrogens (tertiary/aromatic N) is 1. The van der Waals surface area contributed by atoms with Crippen LogP contribution in [0.25, 0.3) is 0 Å². The second kappa shape index (κ2) is 7.17. The number of carbonyl (C=O) groups excluding carboxylic acids is 2. The van der Waals surface area contributed by atoms with Crippen molar-refractivity contribution in [2.75, 3.05) is 13.6 Å². The van der Waals surface area contributed by atoms with Gasteiger partial charge in [-0.25, -0.2) is 0 Å². The van der Waals surface area contributed by atoms with Crippen molar-refractivity contribution in [2.45, 2.75) is 70.8 Å². The first-order chi connectivity index (χ1) is 13.9. The third-order valence-electron chi connectivity index (χ3n) is 8.12. The van der Waals surface area contributed by atoms with Crippen molar-refractivity contribution in [1.82, 2.24) is 10.2 Å². The molecule has 5 fully saturated rings. The summed E-state index contributed by atoms with van der Waals surface area (Å²) >= 11 is 0.